The molecule has 3 heterocycles. The topological polar surface area (TPSA) is 76.4 Å². The number of fused-ring (bicyclic) bond motifs is 1. The predicted octanol–water partition coefficient (Wildman–Crippen LogP) is 0.942. The lowest BCUT2D eigenvalue weighted by Gasteiger charge is -2.34. The summed E-state index contributed by atoms with van der Waals surface area (Å²) in [6, 6.07) is 1.80. The number of hydrogen-bond donors (Lipinski definition) is 0. The molecule has 2 aromatic rings. The molecule has 27 heavy (non-hydrogen) atoms. The minimum atomic E-state index is 0.0359. The molecule has 0 unspecified atom stereocenters. The van der Waals surface area contributed by atoms with Crippen molar-refractivity contribution in [3.63, 3.8) is 0 Å². The molecule has 2 aromatic heterocycles. The highest BCUT2D eigenvalue weighted by Crippen LogP contribution is 2.19. The van der Waals surface area contributed by atoms with Crippen molar-refractivity contribution in [2.24, 2.45) is 0 Å². The molecular formula is C18H26N6O2S. The van der Waals surface area contributed by atoms with Crippen LogP contribution < -0.4 is 10.5 Å². The Kier molecular flexibility index (Phi) is 5.80. The van der Waals surface area contributed by atoms with Crippen LogP contribution in [0.5, 0.6) is 0 Å². The van der Waals surface area contributed by atoms with Crippen molar-refractivity contribution in [3.8, 4) is 0 Å². The number of ether oxygens (including phenoxy) is 1. The van der Waals surface area contributed by atoms with Gasteiger partial charge in [-0.25, -0.2) is 9.67 Å². The Hall–Kier alpha value is -1.84. The van der Waals surface area contributed by atoms with Gasteiger partial charge in [0.05, 0.1) is 12.2 Å². The van der Waals surface area contributed by atoms with E-state index in [-0.39, 0.29) is 5.56 Å². The van der Waals surface area contributed by atoms with Gasteiger partial charge in [0.1, 0.15) is 6.61 Å². The molecule has 0 saturated carbocycles. The zero-order chi connectivity index (χ0) is 18.6. The van der Waals surface area contributed by atoms with E-state index in [4.69, 9.17) is 4.74 Å². The van der Waals surface area contributed by atoms with E-state index in [1.54, 1.807) is 17.9 Å². The maximum Gasteiger partial charge on any atom is 0.267 e. The number of nitrogens with zero attached hydrogens (tertiary/aromatic N) is 6. The van der Waals surface area contributed by atoms with E-state index >= 15 is 0 Å². The van der Waals surface area contributed by atoms with Crippen molar-refractivity contribution < 1.29 is 4.74 Å². The van der Waals surface area contributed by atoms with Gasteiger partial charge in [-0.15, -0.1) is 0 Å². The lowest BCUT2D eigenvalue weighted by Crippen LogP contribution is -2.47. The molecule has 0 N–H and O–H groups in total. The number of anilines is 1. The van der Waals surface area contributed by atoms with Gasteiger partial charge in [-0.2, -0.15) is 9.47 Å². The van der Waals surface area contributed by atoms with E-state index in [1.165, 1.54) is 24.4 Å². The molecule has 0 bridgehead atoms. The third-order valence-corrected chi connectivity index (χ3v) is 6.09. The zero-order valence-corrected chi connectivity index (χ0v) is 16.6. The van der Waals surface area contributed by atoms with Crippen molar-refractivity contribution in [3.05, 3.63) is 33.5 Å². The van der Waals surface area contributed by atoms with Crippen LogP contribution in [0.2, 0.25) is 0 Å². The molecule has 146 valence electrons. The molecule has 4 rings (SSSR count). The van der Waals surface area contributed by atoms with Crippen LogP contribution in [-0.2, 0) is 30.7 Å². The van der Waals surface area contributed by atoms with Crippen LogP contribution >= 0.6 is 11.5 Å². The molecule has 9 heteroatoms. The maximum absolute atomic E-state index is 12.3. The van der Waals surface area contributed by atoms with Gasteiger partial charge in [0, 0.05) is 57.4 Å². The molecule has 2 aliphatic rings. The van der Waals surface area contributed by atoms with Crippen LogP contribution in [0.3, 0.4) is 0 Å². The highest BCUT2D eigenvalue weighted by Gasteiger charge is 2.20. The first-order chi connectivity index (χ1) is 13.2. The average Bonchev–Trinajstić information content (AvgIpc) is 3.16. The summed E-state index contributed by atoms with van der Waals surface area (Å²) in [7, 11) is 1.65. The van der Waals surface area contributed by atoms with E-state index in [9.17, 15) is 4.79 Å². The number of aromatic nitrogens is 4. The fraction of sp³-hybridized carbons (Fsp3) is 0.667. The molecule has 0 aromatic carbocycles. The zero-order valence-electron chi connectivity index (χ0n) is 15.8. The first-order valence-corrected chi connectivity index (χ1v) is 10.4. The molecule has 1 aliphatic carbocycles. The van der Waals surface area contributed by atoms with E-state index in [0.717, 1.165) is 67.8 Å². The maximum atomic E-state index is 12.3. The number of methoxy groups -OCH3 is 1. The Labute approximate surface area is 162 Å². The van der Waals surface area contributed by atoms with E-state index in [2.05, 4.69) is 24.3 Å². The molecule has 1 saturated heterocycles. The smallest absolute Gasteiger partial charge is 0.267 e. The average molecular weight is 391 g/mol. The molecule has 1 fully saturated rings. The Morgan fingerprint density at radius 2 is 1.96 bits per heavy atom. The molecule has 1 aliphatic heterocycles. The van der Waals surface area contributed by atoms with Crippen molar-refractivity contribution >= 4 is 16.7 Å². The van der Waals surface area contributed by atoms with Gasteiger partial charge in [0.25, 0.3) is 5.56 Å². The van der Waals surface area contributed by atoms with Gasteiger partial charge >= 0.3 is 0 Å². The summed E-state index contributed by atoms with van der Waals surface area (Å²) in [6.45, 7) is 5.73. The molecular weight excluding hydrogens is 364 g/mol. The fourth-order valence-electron chi connectivity index (χ4n) is 3.72. The van der Waals surface area contributed by atoms with Gasteiger partial charge in [0.15, 0.2) is 5.82 Å². The van der Waals surface area contributed by atoms with Crippen LogP contribution in [0.1, 0.15) is 29.9 Å². The highest BCUT2D eigenvalue weighted by molar-refractivity contribution is 7.09. The van der Waals surface area contributed by atoms with E-state index in [0.29, 0.717) is 13.2 Å². The van der Waals surface area contributed by atoms with E-state index < -0.39 is 0 Å². The Balaban J connectivity index is 1.30. The molecule has 8 nitrogen and oxygen atoms in total. The van der Waals surface area contributed by atoms with Crippen molar-refractivity contribution in [1.82, 2.24) is 24.0 Å². The quantitative estimate of drug-likeness (QED) is 0.727. The minimum Gasteiger partial charge on any atom is -0.377 e. The molecule has 0 atom stereocenters. The summed E-state index contributed by atoms with van der Waals surface area (Å²) in [5.41, 5.74) is 2.31. The van der Waals surface area contributed by atoms with E-state index in [1.807, 2.05) is 0 Å². The normalized spacial score (nSPS) is 17.9. The summed E-state index contributed by atoms with van der Waals surface area (Å²) >= 11 is 1.43. The second-order valence-electron chi connectivity index (χ2n) is 7.14. The lowest BCUT2D eigenvalue weighted by atomic mass is 9.97. The van der Waals surface area contributed by atoms with Gasteiger partial charge in [-0.1, -0.05) is 0 Å². The van der Waals surface area contributed by atoms with Crippen LogP contribution in [0, 0.1) is 0 Å². The Bertz CT molecular complexity index is 827. The highest BCUT2D eigenvalue weighted by atomic mass is 32.1. The van der Waals surface area contributed by atoms with Gasteiger partial charge in [-0.3, -0.25) is 9.69 Å². The standard InChI is InChI=1S/C18H26N6O2S/c1-26-13-16-19-18(27-21-16)23-9-6-22(7-10-23)8-11-24-17(25)12-14-4-2-3-5-15(14)20-24/h12H,2-11,13H2,1H3. The summed E-state index contributed by atoms with van der Waals surface area (Å²) < 4.78 is 11.1. The lowest BCUT2D eigenvalue weighted by molar-refractivity contribution is 0.179. The van der Waals surface area contributed by atoms with Gasteiger partial charge in [0.2, 0.25) is 5.13 Å². The summed E-state index contributed by atoms with van der Waals surface area (Å²) in [4.78, 5) is 21.5. The van der Waals surface area contributed by atoms with Crippen LogP contribution in [-0.4, -0.2) is 63.9 Å². The monoisotopic (exact) mass is 390 g/mol. The number of piperazine rings is 1. The van der Waals surface area contributed by atoms with Crippen LogP contribution in [0.4, 0.5) is 5.13 Å². The molecule has 0 radical (unpaired) electrons. The number of hydrogen-bond acceptors (Lipinski definition) is 8. The largest absolute Gasteiger partial charge is 0.377 e. The summed E-state index contributed by atoms with van der Waals surface area (Å²) in [6.07, 6.45) is 4.35. The number of aryl methyl sites for hydroxylation is 2. The summed E-state index contributed by atoms with van der Waals surface area (Å²) in [5.74, 6) is 0.748. The third kappa shape index (κ3) is 4.36. The van der Waals surface area contributed by atoms with Gasteiger partial charge in [-0.05, 0) is 31.2 Å². The van der Waals surface area contributed by atoms with Crippen LogP contribution in [0.15, 0.2) is 10.9 Å². The van der Waals surface area contributed by atoms with Crippen molar-refractivity contribution in [2.75, 3.05) is 44.7 Å². The Morgan fingerprint density at radius 3 is 2.78 bits per heavy atom. The molecule has 0 amide bonds. The fourth-order valence-corrected chi connectivity index (χ4v) is 4.45. The third-order valence-electron chi connectivity index (χ3n) is 5.28. The van der Waals surface area contributed by atoms with Gasteiger partial charge < -0.3 is 9.64 Å². The second kappa shape index (κ2) is 8.45. The first-order valence-electron chi connectivity index (χ1n) is 9.61. The number of rotatable bonds is 6. The summed E-state index contributed by atoms with van der Waals surface area (Å²) in [5, 5.41) is 5.59. The SMILES string of the molecule is COCc1nsc(N2CCN(CCn3nc4c(cc3=O)CCCC4)CC2)n1. The van der Waals surface area contributed by atoms with Crippen LogP contribution in [0.25, 0.3) is 0 Å². The Morgan fingerprint density at radius 1 is 1.15 bits per heavy atom. The van der Waals surface area contributed by atoms with Crippen molar-refractivity contribution in [1.29, 1.82) is 0 Å². The predicted molar refractivity (Wildman–Crippen MR) is 104 cm³/mol. The minimum absolute atomic E-state index is 0.0359. The molecule has 0 spiro atoms. The first kappa shape index (κ1) is 18.5. The van der Waals surface area contributed by atoms with Crippen molar-refractivity contribution in [2.45, 2.75) is 38.8 Å². The second-order valence-corrected chi connectivity index (χ2v) is 7.87.